The average molecular weight is 522 g/mol. The van der Waals surface area contributed by atoms with Gasteiger partial charge in [-0.05, 0) is 11.1 Å². The summed E-state index contributed by atoms with van der Waals surface area (Å²) in [6.45, 7) is 0. The normalized spacial score (nSPS) is 6.90. The van der Waals surface area contributed by atoms with Crippen molar-refractivity contribution in [3.8, 4) is 0 Å². The maximum Gasteiger partial charge on any atom is 2.00 e. The van der Waals surface area contributed by atoms with Gasteiger partial charge in [0.1, 0.15) is 12.6 Å². The fourth-order valence-corrected chi connectivity index (χ4v) is 1.40. The topological polar surface area (TPSA) is 308 Å². The van der Waals surface area contributed by atoms with Crippen LogP contribution in [0, 0.1) is 0 Å². The van der Waals surface area contributed by atoms with Gasteiger partial charge in [-0.25, -0.2) is 0 Å². The second kappa shape index (κ2) is 23.4. The Bertz CT molecular complexity index is 625. The van der Waals surface area contributed by atoms with Gasteiger partial charge in [0.15, 0.2) is 0 Å². The molecule has 0 aromatic heterocycles. The Morgan fingerprint density at radius 3 is 0.931 bits per heavy atom. The van der Waals surface area contributed by atoms with Crippen LogP contribution in [0.3, 0.4) is 0 Å². The summed E-state index contributed by atoms with van der Waals surface area (Å²) < 4.78 is 0. The number of rotatable bonds is 4. The summed E-state index contributed by atoms with van der Waals surface area (Å²) in [4.78, 5) is 40.7. The van der Waals surface area contributed by atoms with Crippen LogP contribution >= 0.6 is 0 Å². The van der Waals surface area contributed by atoms with E-state index < -0.39 is 11.9 Å². The van der Waals surface area contributed by atoms with Gasteiger partial charge in [0.2, 0.25) is 0 Å². The van der Waals surface area contributed by atoms with Crippen molar-refractivity contribution >= 4 is 24.5 Å². The standard InChI is InChI=1S/2C8H6O3.Cd.6H2O/c2*9-5-6-1-3-7(4-2-6)8(10)11;;;;;;;/h2*1-5H,(H,10,11);;6*1H2/q;;+2;;;;;;/p+1. The van der Waals surface area contributed by atoms with Crippen molar-refractivity contribution in [1.82, 2.24) is 0 Å². The van der Waals surface area contributed by atoms with Gasteiger partial charge >= 0.3 is 27.3 Å². The zero-order valence-corrected chi connectivity index (χ0v) is 19.2. The van der Waals surface area contributed by atoms with Crippen LogP contribution in [-0.4, -0.2) is 40.9 Å². The Morgan fingerprint density at radius 2 is 0.793 bits per heavy atom. The Balaban J connectivity index is -0.0000000538. The molecule has 29 heavy (non-hydrogen) atoms. The second-order valence-electron chi connectivity index (χ2n) is 4.05. The molecule has 15 N–H and O–H groups in total. The molecule has 0 heterocycles. The van der Waals surface area contributed by atoms with Crippen LogP contribution in [0.25, 0.3) is 0 Å². The summed E-state index contributed by atoms with van der Waals surface area (Å²) >= 11 is 0. The average Bonchev–Trinajstić information content (AvgIpc) is 2.55. The van der Waals surface area contributed by atoms with Gasteiger partial charge in [-0.1, -0.05) is 48.5 Å². The van der Waals surface area contributed by atoms with E-state index in [-0.39, 0.29) is 71.3 Å². The third kappa shape index (κ3) is 16.1. The molecule has 2 aromatic carbocycles. The van der Waals surface area contributed by atoms with E-state index in [1.54, 1.807) is 0 Å². The van der Waals surface area contributed by atoms with Gasteiger partial charge in [-0.3, -0.25) is 9.59 Å². The molecule has 0 saturated heterocycles. The zero-order valence-electron chi connectivity index (χ0n) is 15.2. The molecule has 0 bridgehead atoms. The van der Waals surface area contributed by atoms with E-state index >= 15 is 0 Å². The molecule has 0 aliphatic rings. The molecule has 13 heteroatoms. The van der Waals surface area contributed by atoms with E-state index in [0.717, 1.165) is 0 Å². The van der Waals surface area contributed by atoms with Crippen molar-refractivity contribution in [2.24, 2.45) is 0 Å². The maximum atomic E-state index is 10.2. The van der Waals surface area contributed by atoms with Crippen LogP contribution in [0.15, 0.2) is 48.5 Å². The maximum absolute atomic E-state index is 10.2. The van der Waals surface area contributed by atoms with Crippen LogP contribution in [-0.2, 0) is 43.7 Å². The summed E-state index contributed by atoms with van der Waals surface area (Å²) in [6, 6.07) is 11.0. The summed E-state index contributed by atoms with van der Waals surface area (Å²) in [7, 11) is 0. The molecule has 0 unspecified atom stereocenters. The molecule has 0 saturated carbocycles. The van der Waals surface area contributed by atoms with Crippen LogP contribution < -0.4 is 10.2 Å². The molecular weight excluding hydrogens is 497 g/mol. The number of carboxylic acids is 2. The predicted molar refractivity (Wildman–Crippen MR) is 97.8 cm³/mol. The van der Waals surface area contributed by atoms with Crippen molar-refractivity contribution in [2.75, 3.05) is 0 Å². The molecular formula is C16H25CdO12+3. The van der Waals surface area contributed by atoms with Crippen LogP contribution in [0.2, 0.25) is 0 Å². The molecule has 12 nitrogen and oxygen atoms in total. The van der Waals surface area contributed by atoms with Crippen molar-refractivity contribution in [3.05, 3.63) is 70.8 Å². The van der Waals surface area contributed by atoms with Crippen LogP contribution in [0.4, 0.5) is 0 Å². The van der Waals surface area contributed by atoms with Gasteiger partial charge in [-0.15, -0.1) is 0 Å². The van der Waals surface area contributed by atoms with Gasteiger partial charge in [0.25, 0.3) is 0 Å². The van der Waals surface area contributed by atoms with Crippen LogP contribution in [0.5, 0.6) is 0 Å². The monoisotopic (exact) mass is 523 g/mol. The fourth-order valence-electron chi connectivity index (χ4n) is 1.40. The molecule has 0 radical (unpaired) electrons. The molecule has 0 fully saturated rings. The molecule has 160 valence electrons. The number of aromatic carboxylic acids is 2. The Hall–Kier alpha value is -2.60. The third-order valence-electron chi connectivity index (χ3n) is 2.56. The number of aldehydes is 2. The molecule has 2 rings (SSSR count). The van der Waals surface area contributed by atoms with Gasteiger partial charge in [0, 0.05) is 11.1 Å². The summed E-state index contributed by atoms with van der Waals surface area (Å²) in [6.07, 6.45) is 1.30. The first kappa shape index (κ1) is 45.3. The molecule has 0 atom stereocenters. The zero-order chi connectivity index (χ0) is 16.5. The minimum Gasteiger partial charge on any atom is -0.545 e. The molecule has 0 spiro atoms. The molecule has 0 aliphatic carbocycles. The summed E-state index contributed by atoms with van der Waals surface area (Å²) in [5, 5.41) is 20.4. The molecule has 0 amide bonds. The number of benzene rings is 2. The summed E-state index contributed by atoms with van der Waals surface area (Å²) in [5.41, 5.74) is 1.07. The van der Waals surface area contributed by atoms with E-state index in [0.29, 0.717) is 23.7 Å². The van der Waals surface area contributed by atoms with Crippen molar-refractivity contribution < 1.29 is 89.5 Å². The van der Waals surface area contributed by atoms with E-state index in [1.807, 2.05) is 0 Å². The fraction of sp³-hybridized carbons (Fsp3) is 0. The smallest absolute Gasteiger partial charge is 0.545 e. The predicted octanol–water partition coefficient (Wildman–Crippen LogP) is -5.52. The molecule has 2 aromatic rings. The minimum absolute atomic E-state index is 0. The third-order valence-corrected chi connectivity index (χ3v) is 2.56. The van der Waals surface area contributed by atoms with Gasteiger partial charge in [-0.2, -0.15) is 0 Å². The number of hydrogen-bond donors (Lipinski definition) is 0. The largest absolute Gasteiger partial charge is 2.00 e. The first-order valence-corrected chi connectivity index (χ1v) is 6.01. The van der Waals surface area contributed by atoms with E-state index in [4.69, 9.17) is 0 Å². The number of hydrogen-bond acceptors (Lipinski definition) is 6. The first-order chi connectivity index (χ1) is 10.5. The minimum atomic E-state index is -1.23. The van der Waals surface area contributed by atoms with Gasteiger partial charge in [0.05, 0.1) is 11.9 Å². The van der Waals surface area contributed by atoms with E-state index in [9.17, 15) is 29.4 Å². The second-order valence-corrected chi connectivity index (χ2v) is 4.05. The Labute approximate surface area is 184 Å². The van der Waals surface area contributed by atoms with Gasteiger partial charge < -0.3 is 52.7 Å². The van der Waals surface area contributed by atoms with E-state index in [2.05, 4.69) is 0 Å². The van der Waals surface area contributed by atoms with Crippen molar-refractivity contribution in [3.63, 3.8) is 0 Å². The first-order valence-electron chi connectivity index (χ1n) is 6.01. The Kier molecular flexibility index (Phi) is 36.6. The number of carboxylic acid groups (broad SMARTS) is 2. The van der Waals surface area contributed by atoms with E-state index in [1.165, 1.54) is 48.5 Å². The quantitative estimate of drug-likeness (QED) is 0.214. The van der Waals surface area contributed by atoms with Crippen LogP contribution in [0.1, 0.15) is 41.4 Å². The van der Waals surface area contributed by atoms with Crippen molar-refractivity contribution in [2.45, 2.75) is 0 Å². The summed E-state index contributed by atoms with van der Waals surface area (Å²) in [5.74, 6) is -2.47. The number of carbonyl (C=O) groups is 4. The Morgan fingerprint density at radius 1 is 0.586 bits per heavy atom. The SMILES string of the molecule is O.O.O.O=Cc1ccc(C(=O)[O-])cc1.O=Cc1ccc(C(=O)[O-])cc1.[Cd+2].[OH3+].[OH3+].[OH3+]. The number of carbonyl (C=O) groups excluding carboxylic acids is 4. The van der Waals surface area contributed by atoms with Crippen molar-refractivity contribution in [1.29, 1.82) is 0 Å². The molecule has 0 aliphatic heterocycles.